The largest absolute Gasteiger partial charge is 0.490 e. The fraction of sp³-hybridized carbons (Fsp3) is 0. The van der Waals surface area contributed by atoms with Crippen molar-refractivity contribution in [1.82, 2.24) is 9.97 Å². The van der Waals surface area contributed by atoms with E-state index in [4.69, 9.17) is 4.74 Å². The molecule has 1 heterocycles. The van der Waals surface area contributed by atoms with Crippen LogP contribution in [0.4, 0.5) is 0 Å². The number of hydrogen-bond acceptors (Lipinski definition) is 2. The second-order valence-electron chi connectivity index (χ2n) is 2.61. The maximum atomic E-state index is 4.81. The van der Waals surface area contributed by atoms with E-state index in [1.165, 1.54) is 0 Å². The maximum Gasteiger partial charge on any atom is 0.137 e. The zero-order valence-corrected chi connectivity index (χ0v) is 7.03. The van der Waals surface area contributed by atoms with Gasteiger partial charge in [0.2, 0.25) is 0 Å². The van der Waals surface area contributed by atoms with Crippen molar-refractivity contribution in [2.24, 2.45) is 0 Å². The number of imidazole rings is 1. The Morgan fingerprint density at radius 1 is 1.23 bits per heavy atom. The quantitative estimate of drug-likeness (QED) is 0.756. The van der Waals surface area contributed by atoms with Gasteiger partial charge in [-0.3, -0.25) is 0 Å². The van der Waals surface area contributed by atoms with Crippen LogP contribution in [0.2, 0.25) is 0 Å². The molecule has 13 heavy (non-hydrogen) atoms. The van der Waals surface area contributed by atoms with Crippen LogP contribution in [0.1, 0.15) is 0 Å². The third kappa shape index (κ3) is 1.54. The van der Waals surface area contributed by atoms with Crippen LogP contribution in [0.3, 0.4) is 0 Å². The molecule has 0 atom stereocenters. The zero-order chi connectivity index (χ0) is 9.10. The van der Waals surface area contributed by atoms with Crippen LogP contribution in [0, 0.1) is 7.11 Å². The average molecular weight is 173 g/mol. The van der Waals surface area contributed by atoms with Crippen molar-refractivity contribution in [1.29, 1.82) is 0 Å². The van der Waals surface area contributed by atoms with E-state index in [9.17, 15) is 0 Å². The summed E-state index contributed by atoms with van der Waals surface area (Å²) in [7, 11) is 3.32. The molecule has 0 unspecified atom stereocenters. The van der Waals surface area contributed by atoms with Gasteiger partial charge in [0.05, 0.1) is 0 Å². The van der Waals surface area contributed by atoms with Crippen LogP contribution in [0.5, 0.6) is 5.75 Å². The second-order valence-corrected chi connectivity index (χ2v) is 2.61. The monoisotopic (exact) mass is 173 g/mol. The lowest BCUT2D eigenvalue weighted by atomic mass is 10.2. The summed E-state index contributed by atoms with van der Waals surface area (Å²) >= 11 is 0. The summed E-state index contributed by atoms with van der Waals surface area (Å²) in [5, 5.41) is 0. The van der Waals surface area contributed by atoms with E-state index in [0.717, 1.165) is 17.1 Å². The van der Waals surface area contributed by atoms with Gasteiger partial charge in [-0.1, -0.05) is 0 Å². The van der Waals surface area contributed by atoms with Crippen molar-refractivity contribution in [3.63, 3.8) is 0 Å². The molecule has 0 bridgehead atoms. The van der Waals surface area contributed by atoms with Crippen molar-refractivity contribution in [2.75, 3.05) is 0 Å². The molecule has 3 heteroatoms. The van der Waals surface area contributed by atoms with Gasteiger partial charge in [0.25, 0.3) is 0 Å². The van der Waals surface area contributed by atoms with Crippen LogP contribution < -0.4 is 4.74 Å². The molecule has 1 radical (unpaired) electrons. The van der Waals surface area contributed by atoms with E-state index in [-0.39, 0.29) is 0 Å². The molecule has 1 aromatic carbocycles. The van der Waals surface area contributed by atoms with Crippen molar-refractivity contribution >= 4 is 0 Å². The van der Waals surface area contributed by atoms with Gasteiger partial charge in [-0.25, -0.2) is 4.98 Å². The number of aromatic amines is 1. The van der Waals surface area contributed by atoms with Crippen LogP contribution in [-0.2, 0) is 0 Å². The molecule has 1 N–H and O–H groups in total. The predicted octanol–water partition coefficient (Wildman–Crippen LogP) is 2.25. The lowest BCUT2D eigenvalue weighted by Crippen LogP contribution is -1.81. The fourth-order valence-corrected chi connectivity index (χ4v) is 1.13. The number of hydrogen-bond donors (Lipinski definition) is 1. The predicted molar refractivity (Wildman–Crippen MR) is 50.0 cm³/mol. The number of benzene rings is 1. The first-order valence-electron chi connectivity index (χ1n) is 3.92. The van der Waals surface area contributed by atoms with E-state index in [0.29, 0.717) is 0 Å². The van der Waals surface area contributed by atoms with Crippen LogP contribution in [0.15, 0.2) is 36.7 Å². The maximum absolute atomic E-state index is 4.81. The molecule has 0 fully saturated rings. The third-order valence-corrected chi connectivity index (χ3v) is 1.79. The molecule has 0 aliphatic rings. The van der Waals surface area contributed by atoms with Crippen LogP contribution in [0.25, 0.3) is 11.4 Å². The third-order valence-electron chi connectivity index (χ3n) is 1.79. The summed E-state index contributed by atoms with van der Waals surface area (Å²) in [4.78, 5) is 7.15. The van der Waals surface area contributed by atoms with Gasteiger partial charge in [0.1, 0.15) is 18.7 Å². The molecule has 0 saturated heterocycles. The second kappa shape index (κ2) is 3.31. The molecular weight excluding hydrogens is 164 g/mol. The molecule has 2 rings (SSSR count). The van der Waals surface area contributed by atoms with Gasteiger partial charge >= 0.3 is 0 Å². The van der Waals surface area contributed by atoms with Gasteiger partial charge in [-0.05, 0) is 24.3 Å². The fourth-order valence-electron chi connectivity index (χ4n) is 1.13. The summed E-state index contributed by atoms with van der Waals surface area (Å²) in [5.74, 6) is 1.60. The smallest absolute Gasteiger partial charge is 0.137 e. The van der Waals surface area contributed by atoms with Crippen LogP contribution in [-0.4, -0.2) is 9.97 Å². The molecule has 0 aliphatic carbocycles. The SMILES string of the molecule is [CH2]Oc1ccc(-c2ncc[nH]2)cc1. The molecule has 1 aromatic heterocycles. The molecular formula is C10H9N2O. The summed E-state index contributed by atoms with van der Waals surface area (Å²) < 4.78 is 4.81. The molecule has 0 amide bonds. The lowest BCUT2D eigenvalue weighted by molar-refractivity contribution is 0.473. The topological polar surface area (TPSA) is 37.9 Å². The van der Waals surface area contributed by atoms with E-state index in [1.54, 1.807) is 12.4 Å². The van der Waals surface area contributed by atoms with E-state index in [1.807, 2.05) is 24.3 Å². The number of nitrogens with zero attached hydrogens (tertiary/aromatic N) is 1. The highest BCUT2D eigenvalue weighted by Gasteiger charge is 1.98. The van der Waals surface area contributed by atoms with Crippen LogP contribution >= 0.6 is 0 Å². The number of nitrogens with one attached hydrogen (secondary N) is 1. The van der Waals surface area contributed by atoms with Crippen molar-refractivity contribution in [3.05, 3.63) is 43.8 Å². The Bertz CT molecular complexity index is 364. The van der Waals surface area contributed by atoms with Gasteiger partial charge < -0.3 is 9.72 Å². The number of H-pyrrole nitrogens is 1. The summed E-state index contributed by atoms with van der Waals surface area (Å²) in [6.07, 6.45) is 3.52. The molecule has 0 saturated carbocycles. The number of ether oxygens (including phenoxy) is 1. The number of rotatable bonds is 2. The van der Waals surface area contributed by atoms with E-state index >= 15 is 0 Å². The highest BCUT2D eigenvalue weighted by Crippen LogP contribution is 2.18. The van der Waals surface area contributed by atoms with Crippen molar-refractivity contribution < 1.29 is 4.74 Å². The Morgan fingerprint density at radius 2 is 2.00 bits per heavy atom. The Balaban J connectivity index is 2.33. The van der Waals surface area contributed by atoms with Gasteiger partial charge in [0, 0.05) is 18.0 Å². The Labute approximate surface area is 76.4 Å². The minimum Gasteiger partial charge on any atom is -0.490 e. The zero-order valence-electron chi connectivity index (χ0n) is 7.03. The van der Waals surface area contributed by atoms with Crippen molar-refractivity contribution in [3.8, 4) is 17.1 Å². The summed E-state index contributed by atoms with van der Waals surface area (Å²) in [5.41, 5.74) is 1.03. The Kier molecular flexibility index (Phi) is 2.00. The van der Waals surface area contributed by atoms with Crippen molar-refractivity contribution in [2.45, 2.75) is 0 Å². The number of aromatic nitrogens is 2. The highest BCUT2D eigenvalue weighted by atomic mass is 16.5. The minimum absolute atomic E-state index is 0.746. The van der Waals surface area contributed by atoms with E-state index in [2.05, 4.69) is 17.1 Å². The van der Waals surface area contributed by atoms with Gasteiger partial charge in [-0.15, -0.1) is 0 Å². The highest BCUT2D eigenvalue weighted by molar-refractivity contribution is 5.55. The van der Waals surface area contributed by atoms with E-state index < -0.39 is 0 Å². The average Bonchev–Trinajstić information content (AvgIpc) is 2.71. The van der Waals surface area contributed by atoms with Gasteiger partial charge in [-0.2, -0.15) is 0 Å². The molecule has 3 nitrogen and oxygen atoms in total. The standard InChI is InChI=1S/C10H9N2O/c1-13-9-4-2-8(3-5-9)10-11-6-7-12-10/h2-7H,1H2,(H,11,12). The molecule has 0 aliphatic heterocycles. The summed E-state index contributed by atoms with van der Waals surface area (Å²) in [6, 6.07) is 7.56. The lowest BCUT2D eigenvalue weighted by Gasteiger charge is -1.99. The minimum atomic E-state index is 0.746. The Hall–Kier alpha value is -1.77. The molecule has 65 valence electrons. The Morgan fingerprint density at radius 3 is 2.54 bits per heavy atom. The molecule has 0 spiro atoms. The first-order valence-corrected chi connectivity index (χ1v) is 3.92. The van der Waals surface area contributed by atoms with Gasteiger partial charge in [0.15, 0.2) is 0 Å². The summed E-state index contributed by atoms with van der Waals surface area (Å²) in [6.45, 7) is 0. The molecule has 2 aromatic rings. The first kappa shape index (κ1) is 7.86. The first-order chi connectivity index (χ1) is 6.40. The normalized spacial score (nSPS) is 9.92.